The number of nitro groups is 1. The maximum absolute atomic E-state index is 11.4. The van der Waals surface area contributed by atoms with Crippen LogP contribution >= 0.6 is 0 Å². The van der Waals surface area contributed by atoms with Crippen LogP contribution in [-0.2, 0) is 6.54 Å². The van der Waals surface area contributed by atoms with E-state index in [-0.39, 0.29) is 17.3 Å². The van der Waals surface area contributed by atoms with Crippen LogP contribution in [0.5, 0.6) is 0 Å². The third-order valence-electron chi connectivity index (χ3n) is 4.47. The summed E-state index contributed by atoms with van der Waals surface area (Å²) in [6, 6.07) is 4.58. The van der Waals surface area contributed by atoms with Crippen LogP contribution in [0.3, 0.4) is 0 Å². The number of rotatable bonds is 5. The molecular formula is C16H19N5O3. The van der Waals surface area contributed by atoms with Crippen LogP contribution in [0, 0.1) is 17.0 Å². The Kier molecular flexibility index (Phi) is 4.20. The lowest BCUT2D eigenvalue weighted by atomic mass is 10.1. The van der Waals surface area contributed by atoms with E-state index in [2.05, 4.69) is 4.98 Å². The smallest absolute Gasteiger partial charge is 0.293 e. The zero-order chi connectivity index (χ0) is 17.3. The number of benzene rings is 1. The van der Waals surface area contributed by atoms with E-state index in [0.29, 0.717) is 5.69 Å². The van der Waals surface area contributed by atoms with Gasteiger partial charge in [0.25, 0.3) is 5.69 Å². The van der Waals surface area contributed by atoms with Gasteiger partial charge >= 0.3 is 0 Å². The lowest BCUT2D eigenvalue weighted by Crippen LogP contribution is -2.33. The molecule has 1 aliphatic rings. The van der Waals surface area contributed by atoms with Gasteiger partial charge in [0.15, 0.2) is 0 Å². The van der Waals surface area contributed by atoms with Crippen molar-refractivity contribution in [3.8, 4) is 0 Å². The van der Waals surface area contributed by atoms with E-state index in [0.717, 1.165) is 31.8 Å². The minimum Gasteiger partial charge on any atom is -0.366 e. The van der Waals surface area contributed by atoms with Crippen LogP contribution in [-0.4, -0.2) is 33.0 Å². The summed E-state index contributed by atoms with van der Waals surface area (Å²) in [4.78, 5) is 28.5. The molecule has 1 aliphatic heterocycles. The number of carbonyl (C=O) groups is 1. The minimum absolute atomic E-state index is 0.0828. The van der Waals surface area contributed by atoms with Crippen LogP contribution in [0.4, 0.5) is 11.4 Å². The molecule has 1 fully saturated rings. The normalized spacial score (nSPS) is 17.2. The Labute approximate surface area is 139 Å². The van der Waals surface area contributed by atoms with Crippen molar-refractivity contribution in [2.45, 2.75) is 32.4 Å². The fraction of sp³-hybridized carbons (Fsp3) is 0.375. The average Bonchev–Trinajstić information content (AvgIpc) is 3.16. The molecule has 1 atom stereocenters. The van der Waals surface area contributed by atoms with Crippen molar-refractivity contribution in [2.24, 2.45) is 5.73 Å². The predicted molar refractivity (Wildman–Crippen MR) is 88.9 cm³/mol. The highest BCUT2D eigenvalue weighted by Gasteiger charge is 2.30. The van der Waals surface area contributed by atoms with E-state index in [1.807, 2.05) is 22.6 Å². The van der Waals surface area contributed by atoms with Crippen molar-refractivity contribution in [1.82, 2.24) is 9.55 Å². The molecule has 1 amide bonds. The number of hydrogen-bond donors (Lipinski definition) is 1. The first kappa shape index (κ1) is 16.0. The molecule has 0 spiro atoms. The van der Waals surface area contributed by atoms with Gasteiger partial charge < -0.3 is 15.2 Å². The van der Waals surface area contributed by atoms with Crippen LogP contribution in [0.2, 0.25) is 0 Å². The third kappa shape index (κ3) is 2.94. The predicted octanol–water partition coefficient (Wildman–Crippen LogP) is 1.87. The van der Waals surface area contributed by atoms with Crippen molar-refractivity contribution in [3.05, 3.63) is 52.1 Å². The Morgan fingerprint density at radius 3 is 2.92 bits per heavy atom. The van der Waals surface area contributed by atoms with Crippen molar-refractivity contribution >= 4 is 17.3 Å². The zero-order valence-corrected chi connectivity index (χ0v) is 13.4. The Hall–Kier alpha value is -2.90. The summed E-state index contributed by atoms with van der Waals surface area (Å²) < 4.78 is 2.05. The van der Waals surface area contributed by atoms with Gasteiger partial charge in [-0.2, -0.15) is 0 Å². The molecule has 2 N–H and O–H groups in total. The largest absolute Gasteiger partial charge is 0.366 e. The van der Waals surface area contributed by atoms with E-state index < -0.39 is 10.8 Å². The van der Waals surface area contributed by atoms with Crippen molar-refractivity contribution in [1.29, 1.82) is 0 Å². The van der Waals surface area contributed by atoms with Crippen molar-refractivity contribution < 1.29 is 9.72 Å². The summed E-state index contributed by atoms with van der Waals surface area (Å²) in [5.74, 6) is 0.247. The summed E-state index contributed by atoms with van der Waals surface area (Å²) in [5.41, 5.74) is 5.83. The van der Waals surface area contributed by atoms with E-state index in [4.69, 9.17) is 5.73 Å². The van der Waals surface area contributed by atoms with Gasteiger partial charge in [0.1, 0.15) is 11.5 Å². The summed E-state index contributed by atoms with van der Waals surface area (Å²) in [6.07, 6.45) is 5.58. The van der Waals surface area contributed by atoms with Gasteiger partial charge in [0.2, 0.25) is 5.91 Å². The van der Waals surface area contributed by atoms with Crippen molar-refractivity contribution in [2.75, 3.05) is 11.4 Å². The van der Waals surface area contributed by atoms with Gasteiger partial charge in [-0.25, -0.2) is 4.98 Å². The number of primary amides is 1. The zero-order valence-electron chi connectivity index (χ0n) is 13.4. The topological polar surface area (TPSA) is 107 Å². The number of nitrogens with zero attached hydrogens (tertiary/aromatic N) is 4. The highest BCUT2D eigenvalue weighted by atomic mass is 16.6. The summed E-state index contributed by atoms with van der Waals surface area (Å²) in [5, 5.41) is 11.4. The molecule has 126 valence electrons. The maximum atomic E-state index is 11.4. The molecule has 0 unspecified atom stereocenters. The number of carbonyl (C=O) groups excluding carboxylic acids is 1. The second-order valence-corrected chi connectivity index (χ2v) is 5.94. The second-order valence-electron chi connectivity index (χ2n) is 5.94. The average molecular weight is 329 g/mol. The first-order valence-electron chi connectivity index (χ1n) is 7.80. The fourth-order valence-corrected chi connectivity index (χ4v) is 3.23. The Morgan fingerprint density at radius 2 is 2.29 bits per heavy atom. The summed E-state index contributed by atoms with van der Waals surface area (Å²) >= 11 is 0. The number of imidazole rings is 1. The number of aromatic nitrogens is 2. The van der Waals surface area contributed by atoms with E-state index in [1.54, 1.807) is 18.3 Å². The third-order valence-corrected chi connectivity index (χ3v) is 4.47. The van der Waals surface area contributed by atoms with Gasteiger partial charge in [-0.1, -0.05) is 0 Å². The first-order valence-corrected chi connectivity index (χ1v) is 7.80. The van der Waals surface area contributed by atoms with Crippen LogP contribution in [0.1, 0.15) is 29.0 Å². The lowest BCUT2D eigenvalue weighted by Gasteiger charge is -2.27. The number of anilines is 1. The molecule has 24 heavy (non-hydrogen) atoms. The van der Waals surface area contributed by atoms with Gasteiger partial charge in [0.05, 0.1) is 4.92 Å². The molecule has 1 saturated heterocycles. The van der Waals surface area contributed by atoms with E-state index in [1.165, 1.54) is 6.07 Å². The molecule has 2 aromatic rings. The van der Waals surface area contributed by atoms with Crippen LogP contribution in [0.15, 0.2) is 30.6 Å². The number of amides is 1. The van der Waals surface area contributed by atoms with Gasteiger partial charge in [-0.15, -0.1) is 0 Å². The number of nitro benzene ring substituents is 1. The molecule has 0 saturated carbocycles. The standard InChI is InChI=1S/C16H19N5O3/c1-11-18-6-8-19(11)10-13-3-2-7-20(13)14-5-4-12(16(17)22)9-15(14)21(23)24/h4-6,8-9,13H,2-3,7,10H2,1H3,(H2,17,22)/t13-/m0/s1. The van der Waals surface area contributed by atoms with Crippen LogP contribution < -0.4 is 10.6 Å². The van der Waals surface area contributed by atoms with Gasteiger partial charge in [-0.05, 0) is 31.9 Å². The maximum Gasteiger partial charge on any atom is 0.293 e. The van der Waals surface area contributed by atoms with E-state index >= 15 is 0 Å². The second kappa shape index (κ2) is 6.31. The van der Waals surface area contributed by atoms with Gasteiger partial charge in [0, 0.05) is 43.2 Å². The molecule has 0 bridgehead atoms. The molecule has 8 heteroatoms. The summed E-state index contributed by atoms with van der Waals surface area (Å²) in [7, 11) is 0. The highest BCUT2D eigenvalue weighted by Crippen LogP contribution is 2.34. The Morgan fingerprint density at radius 1 is 1.50 bits per heavy atom. The SMILES string of the molecule is Cc1nccn1C[C@@H]1CCCN1c1ccc(C(N)=O)cc1[N+](=O)[O-]. The number of aryl methyl sites for hydroxylation is 1. The number of nitrogens with two attached hydrogens (primary N) is 1. The van der Waals surface area contributed by atoms with Crippen LogP contribution in [0.25, 0.3) is 0 Å². The number of hydrogen-bond acceptors (Lipinski definition) is 5. The minimum atomic E-state index is -0.670. The lowest BCUT2D eigenvalue weighted by molar-refractivity contribution is -0.384. The molecular weight excluding hydrogens is 310 g/mol. The Bertz CT molecular complexity index is 786. The molecule has 8 nitrogen and oxygen atoms in total. The summed E-state index contributed by atoms with van der Waals surface area (Å²) in [6.45, 7) is 3.40. The molecule has 1 aromatic carbocycles. The molecule has 0 aliphatic carbocycles. The van der Waals surface area contributed by atoms with Gasteiger partial charge in [-0.3, -0.25) is 14.9 Å². The first-order chi connectivity index (χ1) is 11.5. The van der Waals surface area contributed by atoms with E-state index in [9.17, 15) is 14.9 Å². The highest BCUT2D eigenvalue weighted by molar-refractivity contribution is 5.94. The molecule has 1 aromatic heterocycles. The van der Waals surface area contributed by atoms with Crippen molar-refractivity contribution in [3.63, 3.8) is 0 Å². The quantitative estimate of drug-likeness (QED) is 0.665. The Balaban J connectivity index is 1.93. The fourth-order valence-electron chi connectivity index (χ4n) is 3.23. The molecule has 2 heterocycles. The molecule has 0 radical (unpaired) electrons. The monoisotopic (exact) mass is 329 g/mol. The molecule has 3 rings (SSSR count).